The predicted molar refractivity (Wildman–Crippen MR) is 81.2 cm³/mol. The first-order chi connectivity index (χ1) is 9.49. The van der Waals surface area contributed by atoms with Gasteiger partial charge in [0.1, 0.15) is 22.3 Å². The lowest BCUT2D eigenvalue weighted by Gasteiger charge is -2.24. The highest BCUT2D eigenvalue weighted by Gasteiger charge is 2.18. The van der Waals surface area contributed by atoms with E-state index in [1.807, 2.05) is 0 Å². The second-order valence-corrected chi connectivity index (χ2v) is 5.56. The number of likely N-dealkylation sites (tertiary alicyclic amines) is 1. The summed E-state index contributed by atoms with van der Waals surface area (Å²) in [6.07, 6.45) is 2.41. The number of rotatable bonds is 5. The average molecular weight is 299 g/mol. The molecule has 1 fully saturated rings. The molecule has 3 nitrogen and oxygen atoms in total. The monoisotopic (exact) mass is 299 g/mol. The van der Waals surface area contributed by atoms with Gasteiger partial charge >= 0.3 is 0 Å². The largest absolute Gasteiger partial charge is 0.389 e. The van der Waals surface area contributed by atoms with E-state index in [1.165, 1.54) is 25.0 Å². The van der Waals surface area contributed by atoms with Gasteiger partial charge in [0.25, 0.3) is 0 Å². The van der Waals surface area contributed by atoms with Crippen molar-refractivity contribution in [2.45, 2.75) is 12.8 Å². The van der Waals surface area contributed by atoms with E-state index in [2.05, 4.69) is 4.90 Å². The number of hydrogen-bond acceptors (Lipinski definition) is 3. The van der Waals surface area contributed by atoms with Crippen LogP contribution in [0, 0.1) is 11.6 Å². The topological polar surface area (TPSA) is 32.5 Å². The minimum atomic E-state index is -0.628. The molecule has 110 valence electrons. The Labute approximate surface area is 123 Å². The molecule has 0 spiro atoms. The van der Waals surface area contributed by atoms with Crippen LogP contribution < -0.4 is 10.6 Å². The zero-order valence-corrected chi connectivity index (χ0v) is 12.3. The maximum Gasteiger partial charge on any atom is 0.150 e. The number of hydrogen-bond donors (Lipinski definition) is 1. The average Bonchev–Trinajstić information content (AvgIpc) is 2.88. The standard InChI is InChI=1S/C14H19F2N3S/c1-18(6-7-19-4-2-3-5-19)13-11(15)8-10(14(17)20)9-12(13)16/h8-9H,2-7H2,1H3,(H2,17,20). The highest BCUT2D eigenvalue weighted by molar-refractivity contribution is 7.80. The molecule has 6 heteroatoms. The van der Waals surface area contributed by atoms with Gasteiger partial charge in [-0.05, 0) is 38.1 Å². The third-order valence-electron chi connectivity index (χ3n) is 3.63. The number of likely N-dealkylation sites (N-methyl/N-ethyl adjacent to an activating group) is 1. The Morgan fingerprint density at radius 3 is 2.35 bits per heavy atom. The molecule has 0 unspecified atom stereocenters. The lowest BCUT2D eigenvalue weighted by Crippen LogP contribution is -2.32. The van der Waals surface area contributed by atoms with E-state index in [0.717, 1.165) is 19.6 Å². The Morgan fingerprint density at radius 1 is 1.30 bits per heavy atom. The minimum absolute atomic E-state index is 0.00549. The minimum Gasteiger partial charge on any atom is -0.389 e. The normalized spacial score (nSPS) is 15.6. The first kappa shape index (κ1) is 15.1. The van der Waals surface area contributed by atoms with Crippen LogP contribution in [-0.2, 0) is 0 Å². The highest BCUT2D eigenvalue weighted by Crippen LogP contribution is 2.24. The van der Waals surface area contributed by atoms with Crippen molar-refractivity contribution in [3.63, 3.8) is 0 Å². The summed E-state index contributed by atoms with van der Waals surface area (Å²) in [7, 11) is 1.69. The molecular formula is C14H19F2N3S. The maximum atomic E-state index is 14.0. The van der Waals surface area contributed by atoms with Crippen molar-refractivity contribution in [2.75, 3.05) is 38.1 Å². The molecule has 1 aliphatic heterocycles. The maximum absolute atomic E-state index is 14.0. The molecule has 0 aromatic heterocycles. The Morgan fingerprint density at radius 2 is 1.85 bits per heavy atom. The van der Waals surface area contributed by atoms with Crippen LogP contribution in [0.1, 0.15) is 18.4 Å². The van der Waals surface area contributed by atoms with Crippen LogP contribution >= 0.6 is 12.2 Å². The van der Waals surface area contributed by atoms with Gasteiger partial charge in [-0.1, -0.05) is 12.2 Å². The zero-order chi connectivity index (χ0) is 14.7. The molecule has 0 saturated carbocycles. The van der Waals surface area contributed by atoms with E-state index in [0.29, 0.717) is 6.54 Å². The molecule has 0 bridgehead atoms. The summed E-state index contributed by atoms with van der Waals surface area (Å²) in [5.74, 6) is -1.26. The van der Waals surface area contributed by atoms with Crippen molar-refractivity contribution in [3.8, 4) is 0 Å². The van der Waals surface area contributed by atoms with Gasteiger partial charge in [0.15, 0.2) is 0 Å². The molecule has 20 heavy (non-hydrogen) atoms. The Balaban J connectivity index is 2.08. The Kier molecular flexibility index (Phi) is 4.88. The molecule has 0 aliphatic carbocycles. The van der Waals surface area contributed by atoms with Crippen molar-refractivity contribution in [2.24, 2.45) is 5.73 Å². The van der Waals surface area contributed by atoms with Crippen molar-refractivity contribution in [3.05, 3.63) is 29.3 Å². The third kappa shape index (κ3) is 3.43. The molecule has 1 aromatic carbocycles. The predicted octanol–water partition coefficient (Wildman–Crippen LogP) is 2.13. The lowest BCUT2D eigenvalue weighted by atomic mass is 10.1. The van der Waals surface area contributed by atoms with Gasteiger partial charge in [0.2, 0.25) is 0 Å². The molecule has 0 radical (unpaired) electrons. The first-order valence-corrected chi connectivity index (χ1v) is 7.12. The van der Waals surface area contributed by atoms with Gasteiger partial charge < -0.3 is 15.5 Å². The number of anilines is 1. The van der Waals surface area contributed by atoms with Crippen LogP contribution in [0.4, 0.5) is 14.5 Å². The van der Waals surface area contributed by atoms with E-state index < -0.39 is 11.6 Å². The molecule has 2 N–H and O–H groups in total. The molecule has 1 aliphatic rings. The van der Waals surface area contributed by atoms with E-state index in [9.17, 15) is 8.78 Å². The van der Waals surface area contributed by atoms with E-state index >= 15 is 0 Å². The summed E-state index contributed by atoms with van der Waals surface area (Å²) in [5.41, 5.74) is 5.59. The molecule has 0 atom stereocenters. The van der Waals surface area contributed by atoms with Crippen LogP contribution in [0.3, 0.4) is 0 Å². The number of benzene rings is 1. The fourth-order valence-corrected chi connectivity index (χ4v) is 2.60. The van der Waals surface area contributed by atoms with Gasteiger partial charge in [-0.2, -0.15) is 0 Å². The van der Waals surface area contributed by atoms with E-state index in [-0.39, 0.29) is 16.2 Å². The fourth-order valence-electron chi connectivity index (χ4n) is 2.48. The Bertz CT molecular complexity index is 478. The van der Waals surface area contributed by atoms with Crippen LogP contribution in [0.15, 0.2) is 12.1 Å². The lowest BCUT2D eigenvalue weighted by molar-refractivity contribution is 0.346. The number of thiocarbonyl (C=S) groups is 1. The van der Waals surface area contributed by atoms with Gasteiger partial charge in [-0.15, -0.1) is 0 Å². The van der Waals surface area contributed by atoms with Crippen LogP contribution in [0.5, 0.6) is 0 Å². The van der Waals surface area contributed by atoms with Crippen molar-refractivity contribution >= 4 is 22.9 Å². The quantitative estimate of drug-likeness (QED) is 0.844. The smallest absolute Gasteiger partial charge is 0.150 e. The van der Waals surface area contributed by atoms with Crippen molar-refractivity contribution in [1.29, 1.82) is 0 Å². The van der Waals surface area contributed by atoms with Gasteiger partial charge in [-0.25, -0.2) is 8.78 Å². The highest BCUT2D eigenvalue weighted by atomic mass is 32.1. The van der Waals surface area contributed by atoms with E-state index in [4.69, 9.17) is 18.0 Å². The first-order valence-electron chi connectivity index (χ1n) is 6.71. The summed E-state index contributed by atoms with van der Waals surface area (Å²) in [6.45, 7) is 3.53. The number of nitrogens with zero attached hydrogens (tertiary/aromatic N) is 2. The van der Waals surface area contributed by atoms with Gasteiger partial charge in [0.05, 0.1) is 0 Å². The van der Waals surface area contributed by atoms with Crippen molar-refractivity contribution in [1.82, 2.24) is 4.90 Å². The molecule has 0 amide bonds. The third-order valence-corrected chi connectivity index (χ3v) is 3.87. The summed E-state index contributed by atoms with van der Waals surface area (Å²) in [6, 6.07) is 2.38. The van der Waals surface area contributed by atoms with Crippen LogP contribution in [0.25, 0.3) is 0 Å². The van der Waals surface area contributed by atoms with Crippen LogP contribution in [0.2, 0.25) is 0 Å². The summed E-state index contributed by atoms with van der Waals surface area (Å²) in [4.78, 5) is 3.90. The molecule has 1 heterocycles. The second-order valence-electron chi connectivity index (χ2n) is 5.12. The number of halogens is 2. The fraction of sp³-hybridized carbons (Fsp3) is 0.500. The van der Waals surface area contributed by atoms with Crippen LogP contribution in [-0.4, -0.2) is 43.1 Å². The van der Waals surface area contributed by atoms with Crippen molar-refractivity contribution < 1.29 is 8.78 Å². The van der Waals surface area contributed by atoms with E-state index in [1.54, 1.807) is 11.9 Å². The molecule has 1 saturated heterocycles. The van der Waals surface area contributed by atoms with Gasteiger partial charge in [0, 0.05) is 25.7 Å². The summed E-state index contributed by atoms with van der Waals surface area (Å²) >= 11 is 4.74. The second kappa shape index (κ2) is 6.45. The molecule has 1 aromatic rings. The van der Waals surface area contributed by atoms with Gasteiger partial charge in [-0.3, -0.25) is 0 Å². The zero-order valence-electron chi connectivity index (χ0n) is 11.5. The Hall–Kier alpha value is -1.27. The summed E-state index contributed by atoms with van der Waals surface area (Å²) in [5, 5.41) is 0. The summed E-state index contributed by atoms with van der Waals surface area (Å²) < 4.78 is 28.0. The molecular weight excluding hydrogens is 280 g/mol. The molecule has 2 rings (SSSR count). The number of nitrogens with two attached hydrogens (primary N) is 1. The SMILES string of the molecule is CN(CCN1CCCC1)c1c(F)cc(C(N)=S)cc1F.